The van der Waals surface area contributed by atoms with Gasteiger partial charge in [-0.05, 0) is 29.5 Å². The Bertz CT molecular complexity index is 770. The van der Waals surface area contributed by atoms with E-state index in [0.29, 0.717) is 23.7 Å². The van der Waals surface area contributed by atoms with Crippen molar-refractivity contribution in [3.05, 3.63) is 35.5 Å². The van der Waals surface area contributed by atoms with Crippen molar-refractivity contribution in [1.29, 1.82) is 0 Å². The number of rotatable bonds is 5. The van der Waals surface area contributed by atoms with E-state index in [1.807, 2.05) is 13.0 Å². The molecule has 9 heteroatoms. The number of carbonyl (C=O) groups is 1. The van der Waals surface area contributed by atoms with E-state index in [-0.39, 0.29) is 11.6 Å². The first-order valence-corrected chi connectivity index (χ1v) is 6.95. The molecule has 0 saturated carbocycles. The molecule has 2 N–H and O–H groups in total. The molecule has 0 aliphatic carbocycles. The van der Waals surface area contributed by atoms with Gasteiger partial charge in [-0.15, -0.1) is 0 Å². The van der Waals surface area contributed by atoms with Crippen LogP contribution in [0.1, 0.15) is 18.5 Å². The number of aromatic nitrogens is 4. The van der Waals surface area contributed by atoms with E-state index in [9.17, 15) is 9.90 Å². The summed E-state index contributed by atoms with van der Waals surface area (Å²) >= 11 is 0. The lowest BCUT2D eigenvalue weighted by Gasteiger charge is -2.24. The number of fused-ring (bicyclic) bond motifs is 1. The van der Waals surface area contributed by atoms with Gasteiger partial charge < -0.3 is 19.9 Å². The van der Waals surface area contributed by atoms with Crippen LogP contribution in [-0.4, -0.2) is 45.0 Å². The van der Waals surface area contributed by atoms with E-state index in [2.05, 4.69) is 20.8 Å². The van der Waals surface area contributed by atoms with E-state index in [0.717, 1.165) is 0 Å². The molecule has 0 fully saturated rings. The maximum Gasteiger partial charge on any atom is 0.352 e. The van der Waals surface area contributed by atoms with Crippen molar-refractivity contribution in [3.8, 4) is 11.5 Å². The van der Waals surface area contributed by atoms with E-state index < -0.39 is 12.0 Å². The highest BCUT2D eigenvalue weighted by molar-refractivity contribution is 5.90. The molecule has 9 nitrogen and oxygen atoms in total. The van der Waals surface area contributed by atoms with Gasteiger partial charge in [0.2, 0.25) is 5.95 Å². The van der Waals surface area contributed by atoms with Gasteiger partial charge >= 0.3 is 5.97 Å². The Kier molecular flexibility index (Phi) is 3.83. The van der Waals surface area contributed by atoms with Crippen molar-refractivity contribution < 1.29 is 19.4 Å². The summed E-state index contributed by atoms with van der Waals surface area (Å²) in [5.74, 6) is 0.250. The summed E-state index contributed by atoms with van der Waals surface area (Å²) in [4.78, 5) is 11.3. The molecule has 1 aromatic heterocycles. The standard InChI is InChI=1S/C14H15N5O4/c1-3-23-12-8(5-4-6-11(12)22-2)10-7-9(13(20)21)15-14-16-17-18-19(10)14/h4-7,10H,3H2,1-2H3,(H,20,21)(H,15,16,18)/t10-/m1/s1. The van der Waals surface area contributed by atoms with Crippen LogP contribution in [0.15, 0.2) is 30.0 Å². The molecule has 2 aromatic rings. The highest BCUT2D eigenvalue weighted by Crippen LogP contribution is 2.39. The van der Waals surface area contributed by atoms with Crippen LogP contribution in [0.4, 0.5) is 5.95 Å². The number of ether oxygens (including phenoxy) is 2. The number of tetrazole rings is 1. The maximum absolute atomic E-state index is 11.3. The molecule has 2 heterocycles. The Labute approximate surface area is 131 Å². The topological polar surface area (TPSA) is 111 Å². The molecule has 23 heavy (non-hydrogen) atoms. The Balaban J connectivity index is 2.16. The van der Waals surface area contributed by atoms with Crippen LogP contribution in [0.3, 0.4) is 0 Å². The van der Waals surface area contributed by atoms with Gasteiger partial charge in [-0.1, -0.05) is 17.2 Å². The second-order valence-corrected chi connectivity index (χ2v) is 4.71. The Morgan fingerprint density at radius 2 is 2.30 bits per heavy atom. The molecule has 0 saturated heterocycles. The number of hydrogen-bond donors (Lipinski definition) is 2. The number of allylic oxidation sites excluding steroid dienone is 1. The zero-order valence-corrected chi connectivity index (χ0v) is 12.6. The second-order valence-electron chi connectivity index (χ2n) is 4.71. The fraction of sp³-hybridized carbons (Fsp3) is 0.286. The molecule has 0 unspecified atom stereocenters. The minimum atomic E-state index is -1.09. The lowest BCUT2D eigenvalue weighted by Crippen LogP contribution is -2.24. The Morgan fingerprint density at radius 1 is 1.48 bits per heavy atom. The molecule has 1 atom stereocenters. The molecule has 1 aliphatic heterocycles. The van der Waals surface area contributed by atoms with Crippen molar-refractivity contribution in [2.24, 2.45) is 0 Å². The molecule has 0 spiro atoms. The molecule has 0 amide bonds. The van der Waals surface area contributed by atoms with Crippen LogP contribution in [0.25, 0.3) is 0 Å². The molecular weight excluding hydrogens is 302 g/mol. The monoisotopic (exact) mass is 317 g/mol. The lowest BCUT2D eigenvalue weighted by molar-refractivity contribution is -0.132. The third-order valence-electron chi connectivity index (χ3n) is 3.39. The third-order valence-corrected chi connectivity index (χ3v) is 3.39. The predicted octanol–water partition coefficient (Wildman–Crippen LogP) is 1.06. The summed E-state index contributed by atoms with van der Waals surface area (Å²) in [6, 6.07) is 4.88. The van der Waals surface area contributed by atoms with E-state index >= 15 is 0 Å². The van der Waals surface area contributed by atoms with Crippen LogP contribution >= 0.6 is 0 Å². The second kappa shape index (κ2) is 5.95. The number of para-hydroxylation sites is 1. The smallest absolute Gasteiger partial charge is 0.352 e. The summed E-state index contributed by atoms with van der Waals surface area (Å²) in [5.41, 5.74) is 0.711. The summed E-state index contributed by atoms with van der Waals surface area (Å²) in [7, 11) is 1.55. The fourth-order valence-electron chi connectivity index (χ4n) is 2.43. The van der Waals surface area contributed by atoms with Gasteiger partial charge in [0.05, 0.1) is 13.7 Å². The number of nitrogens with one attached hydrogen (secondary N) is 1. The van der Waals surface area contributed by atoms with Crippen molar-refractivity contribution in [2.75, 3.05) is 19.0 Å². The van der Waals surface area contributed by atoms with E-state index in [4.69, 9.17) is 9.47 Å². The molecule has 1 aliphatic rings. The molecule has 0 bridgehead atoms. The van der Waals surface area contributed by atoms with Crippen LogP contribution in [0.2, 0.25) is 0 Å². The normalized spacial score (nSPS) is 16.1. The number of benzene rings is 1. The van der Waals surface area contributed by atoms with Crippen molar-refractivity contribution in [1.82, 2.24) is 20.2 Å². The quantitative estimate of drug-likeness (QED) is 0.842. The van der Waals surface area contributed by atoms with Crippen molar-refractivity contribution >= 4 is 11.9 Å². The van der Waals surface area contributed by atoms with Crippen LogP contribution in [0, 0.1) is 0 Å². The predicted molar refractivity (Wildman–Crippen MR) is 79.5 cm³/mol. The first kappa shape index (κ1) is 14.8. The van der Waals surface area contributed by atoms with Crippen molar-refractivity contribution in [3.63, 3.8) is 0 Å². The number of nitrogens with zero attached hydrogens (tertiary/aromatic N) is 4. The molecule has 1 aromatic carbocycles. The number of hydrogen-bond acceptors (Lipinski definition) is 7. The van der Waals surface area contributed by atoms with Gasteiger partial charge in [-0.25, -0.2) is 4.79 Å². The molecule has 120 valence electrons. The van der Waals surface area contributed by atoms with Gasteiger partial charge in [0, 0.05) is 5.56 Å². The highest BCUT2D eigenvalue weighted by atomic mass is 16.5. The SMILES string of the molecule is CCOc1c(OC)cccc1[C@H]1C=C(C(=O)O)Nc2nnnn21. The first-order chi connectivity index (χ1) is 11.2. The van der Waals surface area contributed by atoms with Crippen LogP contribution in [0.5, 0.6) is 11.5 Å². The van der Waals surface area contributed by atoms with Gasteiger partial charge in [0.25, 0.3) is 0 Å². The summed E-state index contributed by atoms with van der Waals surface area (Å²) in [6.07, 6.45) is 1.53. The Hall–Kier alpha value is -3.10. The number of carboxylic acid groups (broad SMARTS) is 1. The lowest BCUT2D eigenvalue weighted by atomic mass is 10.0. The van der Waals surface area contributed by atoms with Crippen LogP contribution < -0.4 is 14.8 Å². The molecule has 0 radical (unpaired) electrons. The van der Waals surface area contributed by atoms with Crippen molar-refractivity contribution in [2.45, 2.75) is 13.0 Å². The fourth-order valence-corrected chi connectivity index (χ4v) is 2.43. The largest absolute Gasteiger partial charge is 0.493 e. The zero-order valence-electron chi connectivity index (χ0n) is 12.6. The minimum absolute atomic E-state index is 0.00238. The summed E-state index contributed by atoms with van der Waals surface area (Å²) in [6.45, 7) is 2.30. The highest BCUT2D eigenvalue weighted by Gasteiger charge is 2.29. The van der Waals surface area contributed by atoms with E-state index in [1.165, 1.54) is 10.8 Å². The minimum Gasteiger partial charge on any atom is -0.493 e. The third kappa shape index (κ3) is 2.56. The summed E-state index contributed by atoms with van der Waals surface area (Å²) in [5, 5.41) is 23.3. The average molecular weight is 317 g/mol. The van der Waals surface area contributed by atoms with Gasteiger partial charge in [0.15, 0.2) is 11.5 Å². The number of carboxylic acids is 1. The average Bonchev–Trinajstić information content (AvgIpc) is 3.03. The Morgan fingerprint density at radius 3 is 3.00 bits per heavy atom. The van der Waals surface area contributed by atoms with E-state index in [1.54, 1.807) is 19.2 Å². The zero-order chi connectivity index (χ0) is 16.4. The first-order valence-electron chi connectivity index (χ1n) is 6.95. The molecular formula is C14H15N5O4. The number of methoxy groups -OCH3 is 1. The van der Waals surface area contributed by atoms with Gasteiger partial charge in [0.1, 0.15) is 11.7 Å². The van der Waals surface area contributed by atoms with Gasteiger partial charge in [-0.2, -0.15) is 4.68 Å². The van der Waals surface area contributed by atoms with Crippen LogP contribution in [-0.2, 0) is 4.79 Å². The maximum atomic E-state index is 11.3. The molecule has 3 rings (SSSR count). The van der Waals surface area contributed by atoms with Gasteiger partial charge in [-0.3, -0.25) is 0 Å². The number of aliphatic carboxylic acids is 1. The summed E-state index contributed by atoms with van der Waals surface area (Å²) < 4.78 is 12.5. The number of anilines is 1.